The van der Waals surface area contributed by atoms with Crippen LogP contribution in [0.5, 0.6) is 5.75 Å². The summed E-state index contributed by atoms with van der Waals surface area (Å²) in [6, 6.07) is 11.9. The monoisotopic (exact) mass is 365 g/mol. The maximum Gasteiger partial charge on any atom is 0.306 e. The Morgan fingerprint density at radius 1 is 1.16 bits per heavy atom. The van der Waals surface area contributed by atoms with Crippen molar-refractivity contribution in [3.63, 3.8) is 0 Å². The van der Waals surface area contributed by atoms with E-state index in [1.165, 1.54) is 29.2 Å². The minimum Gasteiger partial charge on any atom is -0.382 e. The van der Waals surface area contributed by atoms with Gasteiger partial charge in [0.1, 0.15) is 11.6 Å². The molecule has 2 aromatic rings. The molecule has 0 atom stereocenters. The van der Waals surface area contributed by atoms with E-state index in [0.29, 0.717) is 5.56 Å². The van der Waals surface area contributed by atoms with Crippen LogP contribution in [0.4, 0.5) is 4.39 Å². The van der Waals surface area contributed by atoms with Crippen molar-refractivity contribution in [2.75, 3.05) is 6.26 Å². The number of nitrogens with zero attached hydrogens (tertiary/aromatic N) is 1. The van der Waals surface area contributed by atoms with Crippen LogP contribution < -0.4 is 4.18 Å². The number of para-hydroxylation sites is 1. The van der Waals surface area contributed by atoms with E-state index in [0.717, 1.165) is 6.26 Å². The van der Waals surface area contributed by atoms with Crippen LogP contribution in [0, 0.1) is 5.82 Å². The third-order valence-corrected chi connectivity index (χ3v) is 3.99. The lowest BCUT2D eigenvalue weighted by Gasteiger charge is -2.27. The second-order valence-corrected chi connectivity index (χ2v) is 7.51. The number of carbonyl (C=O) groups is 1. The Kier molecular flexibility index (Phi) is 5.79. The van der Waals surface area contributed by atoms with Crippen molar-refractivity contribution >= 4 is 16.0 Å². The summed E-state index contributed by atoms with van der Waals surface area (Å²) in [6.07, 6.45) is 0.960. The number of halogens is 1. The van der Waals surface area contributed by atoms with Gasteiger partial charge in [-0.3, -0.25) is 4.79 Å². The molecule has 0 fully saturated rings. The van der Waals surface area contributed by atoms with Gasteiger partial charge in [-0.25, -0.2) is 4.39 Å². The molecule has 0 unspecified atom stereocenters. The first-order valence-electron chi connectivity index (χ1n) is 7.71. The van der Waals surface area contributed by atoms with Crippen molar-refractivity contribution < 1.29 is 21.8 Å². The minimum absolute atomic E-state index is 0.138. The molecular weight excluding hydrogens is 345 g/mol. The number of hydrogen-bond acceptors (Lipinski definition) is 4. The van der Waals surface area contributed by atoms with E-state index in [9.17, 15) is 17.6 Å². The second-order valence-electron chi connectivity index (χ2n) is 5.93. The second kappa shape index (κ2) is 7.65. The molecule has 0 N–H and O–H groups in total. The van der Waals surface area contributed by atoms with Crippen molar-refractivity contribution in [3.05, 3.63) is 65.5 Å². The largest absolute Gasteiger partial charge is 0.382 e. The molecule has 25 heavy (non-hydrogen) atoms. The molecule has 0 aliphatic heterocycles. The normalized spacial score (nSPS) is 11.4. The molecule has 0 aliphatic carbocycles. The molecule has 0 saturated carbocycles. The Morgan fingerprint density at radius 2 is 1.84 bits per heavy atom. The number of carbonyl (C=O) groups excluding carboxylic acids is 1. The Balaban J connectivity index is 2.33. The molecule has 0 aromatic heterocycles. The Morgan fingerprint density at radius 3 is 2.44 bits per heavy atom. The SMILES string of the molecule is CC(C)N(Cc1ccccc1OS(C)(=O)=O)C(=O)c1cccc(F)c1. The number of rotatable bonds is 6. The zero-order valence-corrected chi connectivity index (χ0v) is 15.1. The van der Waals surface area contributed by atoms with Gasteiger partial charge in [0.25, 0.3) is 5.91 Å². The molecule has 0 radical (unpaired) electrons. The maximum absolute atomic E-state index is 13.4. The van der Waals surface area contributed by atoms with Gasteiger partial charge < -0.3 is 9.08 Å². The van der Waals surface area contributed by atoms with Gasteiger partial charge in [-0.1, -0.05) is 24.3 Å². The van der Waals surface area contributed by atoms with Crippen LogP contribution >= 0.6 is 0 Å². The average molecular weight is 365 g/mol. The van der Waals surface area contributed by atoms with Gasteiger partial charge in [-0.2, -0.15) is 8.42 Å². The van der Waals surface area contributed by atoms with Crippen molar-refractivity contribution in [2.24, 2.45) is 0 Å². The summed E-state index contributed by atoms with van der Waals surface area (Å²) in [7, 11) is -3.69. The molecule has 5 nitrogen and oxygen atoms in total. The predicted molar refractivity (Wildman–Crippen MR) is 93.3 cm³/mol. The van der Waals surface area contributed by atoms with Gasteiger partial charge >= 0.3 is 10.1 Å². The lowest BCUT2D eigenvalue weighted by molar-refractivity contribution is 0.0689. The van der Waals surface area contributed by atoms with Crippen molar-refractivity contribution in [2.45, 2.75) is 26.4 Å². The molecule has 1 amide bonds. The fraction of sp³-hybridized carbons (Fsp3) is 0.278. The fourth-order valence-electron chi connectivity index (χ4n) is 2.34. The first kappa shape index (κ1) is 18.9. The fourth-order valence-corrected chi connectivity index (χ4v) is 2.83. The predicted octanol–water partition coefficient (Wildman–Crippen LogP) is 3.21. The van der Waals surface area contributed by atoms with Crippen molar-refractivity contribution in [1.29, 1.82) is 0 Å². The van der Waals surface area contributed by atoms with E-state index in [1.807, 2.05) is 13.8 Å². The highest BCUT2D eigenvalue weighted by atomic mass is 32.2. The van der Waals surface area contributed by atoms with Crippen LogP contribution in [0.25, 0.3) is 0 Å². The van der Waals surface area contributed by atoms with Crippen LogP contribution in [0.15, 0.2) is 48.5 Å². The minimum atomic E-state index is -3.69. The molecular formula is C18H20FNO4S. The van der Waals surface area contributed by atoms with Crippen LogP contribution in [-0.2, 0) is 16.7 Å². The first-order chi connectivity index (χ1) is 11.7. The van der Waals surface area contributed by atoms with Crippen LogP contribution in [0.1, 0.15) is 29.8 Å². The highest BCUT2D eigenvalue weighted by Crippen LogP contribution is 2.23. The first-order valence-corrected chi connectivity index (χ1v) is 9.53. The summed E-state index contributed by atoms with van der Waals surface area (Å²) in [5, 5.41) is 0. The van der Waals surface area contributed by atoms with E-state index in [1.54, 1.807) is 24.3 Å². The van der Waals surface area contributed by atoms with Gasteiger partial charge in [-0.05, 0) is 38.1 Å². The van der Waals surface area contributed by atoms with Gasteiger partial charge in [0.15, 0.2) is 0 Å². The van der Waals surface area contributed by atoms with Crippen molar-refractivity contribution in [3.8, 4) is 5.75 Å². The summed E-state index contributed by atoms with van der Waals surface area (Å²) in [5.74, 6) is -0.665. The highest BCUT2D eigenvalue weighted by Gasteiger charge is 2.21. The number of benzene rings is 2. The Hall–Kier alpha value is -2.41. The summed E-state index contributed by atoms with van der Waals surface area (Å²) in [4.78, 5) is 14.3. The average Bonchev–Trinajstić information content (AvgIpc) is 2.51. The summed E-state index contributed by atoms with van der Waals surface area (Å²) in [5.41, 5.74) is 0.779. The van der Waals surface area contributed by atoms with E-state index in [2.05, 4.69) is 0 Å². The zero-order valence-electron chi connectivity index (χ0n) is 14.3. The summed E-state index contributed by atoms with van der Waals surface area (Å²) in [6.45, 7) is 3.80. The lowest BCUT2D eigenvalue weighted by Crippen LogP contribution is -2.36. The van der Waals surface area contributed by atoms with Gasteiger partial charge in [0.05, 0.1) is 6.26 Å². The van der Waals surface area contributed by atoms with Gasteiger partial charge in [0.2, 0.25) is 0 Å². The molecule has 0 heterocycles. The molecule has 0 spiro atoms. The summed E-state index contributed by atoms with van der Waals surface area (Å²) >= 11 is 0. The third kappa shape index (κ3) is 5.29. The standard InChI is InChI=1S/C18H20FNO4S/c1-13(2)20(18(21)14-8-6-9-16(19)11-14)12-15-7-4-5-10-17(15)24-25(3,22)23/h4-11,13H,12H2,1-3H3. The molecule has 2 rings (SSSR count). The molecule has 0 aliphatic rings. The molecule has 0 saturated heterocycles. The molecule has 7 heteroatoms. The van der Waals surface area contributed by atoms with Gasteiger partial charge in [-0.15, -0.1) is 0 Å². The van der Waals surface area contributed by atoms with E-state index < -0.39 is 15.9 Å². The zero-order chi connectivity index (χ0) is 18.6. The summed E-state index contributed by atoms with van der Waals surface area (Å²) < 4.78 is 41.2. The smallest absolute Gasteiger partial charge is 0.306 e. The van der Waals surface area contributed by atoms with E-state index >= 15 is 0 Å². The molecule has 0 bridgehead atoms. The molecule has 2 aromatic carbocycles. The quantitative estimate of drug-likeness (QED) is 0.738. The Bertz CT molecular complexity index is 865. The van der Waals surface area contributed by atoms with E-state index in [4.69, 9.17) is 4.18 Å². The van der Waals surface area contributed by atoms with E-state index in [-0.39, 0.29) is 29.8 Å². The Labute approximate surface area is 147 Å². The van der Waals surface area contributed by atoms with Crippen molar-refractivity contribution in [1.82, 2.24) is 4.90 Å². The highest BCUT2D eigenvalue weighted by molar-refractivity contribution is 7.86. The lowest BCUT2D eigenvalue weighted by atomic mass is 10.1. The third-order valence-electron chi connectivity index (χ3n) is 3.51. The number of amides is 1. The topological polar surface area (TPSA) is 63.7 Å². The molecule has 134 valence electrons. The number of hydrogen-bond donors (Lipinski definition) is 0. The van der Waals surface area contributed by atoms with Crippen LogP contribution in [-0.4, -0.2) is 31.5 Å². The van der Waals surface area contributed by atoms with Crippen LogP contribution in [0.3, 0.4) is 0 Å². The van der Waals surface area contributed by atoms with Gasteiger partial charge in [0, 0.05) is 23.7 Å². The maximum atomic E-state index is 13.4. The van der Waals surface area contributed by atoms with Crippen LogP contribution in [0.2, 0.25) is 0 Å².